The number of morpholine rings is 1. The van der Waals surface area contributed by atoms with Crippen LogP contribution in [-0.4, -0.2) is 56.8 Å². The molecule has 0 saturated carbocycles. The van der Waals surface area contributed by atoms with Gasteiger partial charge in [0, 0.05) is 18.8 Å². The first kappa shape index (κ1) is 16.7. The van der Waals surface area contributed by atoms with Crippen LogP contribution in [0.1, 0.15) is 11.4 Å². The maximum Gasteiger partial charge on any atom is 0.176 e. The van der Waals surface area contributed by atoms with Gasteiger partial charge in [-0.15, -0.1) is 11.3 Å². The zero-order valence-corrected chi connectivity index (χ0v) is 16.1. The van der Waals surface area contributed by atoms with Crippen LogP contribution in [0.4, 0.5) is 5.82 Å². The molecule has 132 valence electrons. The molecule has 1 aliphatic heterocycles. The second kappa shape index (κ2) is 6.89. The molecule has 0 spiro atoms. The maximum absolute atomic E-state index is 5.97. The van der Waals surface area contributed by atoms with Gasteiger partial charge in [0.05, 0.1) is 24.9 Å². The molecule has 1 unspecified atom stereocenters. The van der Waals surface area contributed by atoms with Gasteiger partial charge in [-0.1, -0.05) is 11.8 Å². The summed E-state index contributed by atoms with van der Waals surface area (Å²) in [4.78, 5) is 15.7. The number of fused-ring (bicyclic) bond motifs is 1. The molecule has 0 aliphatic carbocycles. The molecule has 0 radical (unpaired) electrons. The minimum Gasteiger partial charge on any atom is -0.373 e. The number of rotatable bonds is 4. The van der Waals surface area contributed by atoms with E-state index in [2.05, 4.69) is 37.9 Å². The van der Waals surface area contributed by atoms with Crippen molar-refractivity contribution in [1.29, 1.82) is 0 Å². The molecule has 25 heavy (non-hydrogen) atoms. The normalized spacial score (nSPS) is 18.2. The number of hydrogen-bond acceptors (Lipinski definition) is 8. The molecule has 1 atom stereocenters. The molecule has 7 nitrogen and oxygen atoms in total. The summed E-state index contributed by atoms with van der Waals surface area (Å²) in [6.07, 6.45) is 3.72. The van der Waals surface area contributed by atoms with Gasteiger partial charge in [-0.25, -0.2) is 15.0 Å². The van der Waals surface area contributed by atoms with E-state index in [4.69, 9.17) is 4.74 Å². The van der Waals surface area contributed by atoms with Crippen molar-refractivity contribution < 1.29 is 4.74 Å². The van der Waals surface area contributed by atoms with Crippen molar-refractivity contribution in [2.24, 2.45) is 0 Å². The predicted molar refractivity (Wildman–Crippen MR) is 101 cm³/mol. The monoisotopic (exact) mass is 376 g/mol. The molecule has 1 fully saturated rings. The molecule has 0 amide bonds. The molecular weight excluding hydrogens is 356 g/mol. The Morgan fingerprint density at radius 1 is 1.36 bits per heavy atom. The fourth-order valence-electron chi connectivity index (χ4n) is 3.11. The van der Waals surface area contributed by atoms with Crippen molar-refractivity contribution >= 4 is 39.3 Å². The van der Waals surface area contributed by atoms with E-state index in [0.717, 1.165) is 51.5 Å². The lowest BCUT2D eigenvalue weighted by atomic mass is 10.2. The number of nitrogens with zero attached hydrogens (tertiary/aromatic N) is 6. The Morgan fingerprint density at radius 2 is 2.24 bits per heavy atom. The van der Waals surface area contributed by atoms with Crippen molar-refractivity contribution in [3.8, 4) is 0 Å². The number of thioether (sulfide) groups is 1. The molecule has 3 aromatic rings. The highest BCUT2D eigenvalue weighted by Gasteiger charge is 2.25. The average Bonchev–Trinajstić information content (AvgIpc) is 3.17. The lowest BCUT2D eigenvalue weighted by molar-refractivity contribution is 0.0268. The summed E-state index contributed by atoms with van der Waals surface area (Å²) in [5.41, 5.74) is 2.98. The van der Waals surface area contributed by atoms with Gasteiger partial charge in [-0.2, -0.15) is 5.10 Å². The van der Waals surface area contributed by atoms with Gasteiger partial charge in [0.15, 0.2) is 15.8 Å². The number of anilines is 1. The molecule has 9 heteroatoms. The van der Waals surface area contributed by atoms with Gasteiger partial charge in [-0.05, 0) is 26.2 Å². The summed E-state index contributed by atoms with van der Waals surface area (Å²) < 4.78 is 10.1. The second-order valence-electron chi connectivity index (χ2n) is 6.08. The van der Waals surface area contributed by atoms with Crippen LogP contribution in [0.3, 0.4) is 0 Å². The first-order chi connectivity index (χ1) is 12.1. The highest BCUT2D eigenvalue weighted by atomic mass is 32.2. The first-order valence-corrected chi connectivity index (χ1v) is 10.2. The van der Waals surface area contributed by atoms with E-state index in [0.29, 0.717) is 6.61 Å². The molecule has 0 bridgehead atoms. The van der Waals surface area contributed by atoms with Crippen molar-refractivity contribution in [1.82, 2.24) is 24.7 Å². The molecule has 3 aromatic heterocycles. The van der Waals surface area contributed by atoms with Crippen LogP contribution in [0.2, 0.25) is 0 Å². The summed E-state index contributed by atoms with van der Waals surface area (Å²) in [5, 5.41) is 4.55. The zero-order chi connectivity index (χ0) is 17.4. The first-order valence-electron chi connectivity index (χ1n) is 8.17. The van der Waals surface area contributed by atoms with E-state index in [9.17, 15) is 0 Å². The third-order valence-corrected chi connectivity index (χ3v) is 6.27. The molecule has 1 aliphatic rings. The molecule has 0 aromatic carbocycles. The standard InChI is InChI=1S/C16H20N6OS2/c1-10-6-11(2)22(20-10)8-12-7-21(4-5-23-12)15-13-14(17-9-18-15)19-16(24-3)25-13/h6,9,12H,4-5,7-8H2,1-3H3. The third-order valence-electron chi connectivity index (χ3n) is 4.25. The summed E-state index contributed by atoms with van der Waals surface area (Å²) in [6, 6.07) is 2.09. The Labute approximate surface area is 154 Å². The topological polar surface area (TPSA) is 69.0 Å². The van der Waals surface area contributed by atoms with Crippen molar-refractivity contribution in [3.05, 3.63) is 23.8 Å². The van der Waals surface area contributed by atoms with Crippen LogP contribution in [0.5, 0.6) is 0 Å². The van der Waals surface area contributed by atoms with Crippen LogP contribution in [-0.2, 0) is 11.3 Å². The number of hydrogen-bond donors (Lipinski definition) is 0. The fourth-order valence-corrected chi connectivity index (χ4v) is 4.64. The maximum atomic E-state index is 5.97. The SMILES string of the molecule is CSc1nc2ncnc(N3CCOC(Cn4nc(C)cc4C)C3)c2s1. The molecule has 0 N–H and O–H groups in total. The average molecular weight is 377 g/mol. The summed E-state index contributed by atoms with van der Waals surface area (Å²) in [7, 11) is 0. The van der Waals surface area contributed by atoms with Crippen LogP contribution in [0, 0.1) is 13.8 Å². The Bertz CT molecular complexity index is 892. The highest BCUT2D eigenvalue weighted by molar-refractivity contribution is 8.00. The Balaban J connectivity index is 1.57. The highest BCUT2D eigenvalue weighted by Crippen LogP contribution is 2.33. The van der Waals surface area contributed by atoms with E-state index in [-0.39, 0.29) is 6.10 Å². The lowest BCUT2D eigenvalue weighted by Gasteiger charge is -2.33. The lowest BCUT2D eigenvalue weighted by Crippen LogP contribution is -2.45. The summed E-state index contributed by atoms with van der Waals surface area (Å²) in [5.74, 6) is 0.962. The van der Waals surface area contributed by atoms with Crippen molar-refractivity contribution in [2.45, 2.75) is 30.8 Å². The molecule has 4 heterocycles. The van der Waals surface area contributed by atoms with Crippen LogP contribution >= 0.6 is 23.1 Å². The van der Waals surface area contributed by atoms with Crippen LogP contribution < -0.4 is 4.90 Å². The Hall–Kier alpha value is -1.71. The number of aryl methyl sites for hydroxylation is 2. The van der Waals surface area contributed by atoms with Crippen LogP contribution in [0.15, 0.2) is 16.7 Å². The quantitative estimate of drug-likeness (QED) is 0.648. The van der Waals surface area contributed by atoms with Crippen LogP contribution in [0.25, 0.3) is 10.3 Å². The van der Waals surface area contributed by atoms with Gasteiger partial charge in [0.1, 0.15) is 11.0 Å². The van der Waals surface area contributed by atoms with Gasteiger partial charge in [0.25, 0.3) is 0 Å². The largest absolute Gasteiger partial charge is 0.373 e. The fraction of sp³-hybridized carbons (Fsp3) is 0.500. The van der Waals surface area contributed by atoms with E-state index in [1.807, 2.05) is 17.9 Å². The van der Waals surface area contributed by atoms with Gasteiger partial charge >= 0.3 is 0 Å². The number of aromatic nitrogens is 5. The number of thiazole rings is 1. The predicted octanol–water partition coefficient (Wildman–Crippen LogP) is 2.53. The van der Waals surface area contributed by atoms with E-state index < -0.39 is 0 Å². The van der Waals surface area contributed by atoms with Gasteiger partial charge in [0.2, 0.25) is 0 Å². The summed E-state index contributed by atoms with van der Waals surface area (Å²) >= 11 is 3.30. The third kappa shape index (κ3) is 3.36. The van der Waals surface area contributed by atoms with Gasteiger partial charge in [-0.3, -0.25) is 4.68 Å². The van der Waals surface area contributed by atoms with Gasteiger partial charge < -0.3 is 9.64 Å². The minimum absolute atomic E-state index is 0.0877. The Morgan fingerprint density at radius 3 is 3.00 bits per heavy atom. The second-order valence-corrected chi connectivity index (χ2v) is 8.13. The molecule has 1 saturated heterocycles. The molecule has 4 rings (SSSR count). The van der Waals surface area contributed by atoms with E-state index >= 15 is 0 Å². The van der Waals surface area contributed by atoms with Crippen molar-refractivity contribution in [3.63, 3.8) is 0 Å². The van der Waals surface area contributed by atoms with E-state index in [1.54, 1.807) is 29.4 Å². The van der Waals surface area contributed by atoms with Crippen molar-refractivity contribution in [2.75, 3.05) is 30.9 Å². The summed E-state index contributed by atoms with van der Waals surface area (Å²) in [6.45, 7) is 7.15. The van der Waals surface area contributed by atoms with E-state index in [1.165, 1.54) is 0 Å². The minimum atomic E-state index is 0.0877. The number of ether oxygens (including phenoxy) is 1. The smallest absolute Gasteiger partial charge is 0.176 e. The Kier molecular flexibility index (Phi) is 4.61. The molecular formula is C16H20N6OS2. The zero-order valence-electron chi connectivity index (χ0n) is 14.5.